The van der Waals surface area contributed by atoms with Crippen LogP contribution in [0.15, 0.2) is 0 Å². The van der Waals surface area contributed by atoms with Crippen LogP contribution in [0.25, 0.3) is 0 Å². The maximum atomic E-state index is 5.43. The number of methoxy groups -OCH3 is 1. The zero-order valence-corrected chi connectivity index (χ0v) is 8.01. The second-order valence-corrected chi connectivity index (χ2v) is 3.27. The van der Waals surface area contributed by atoms with Crippen molar-refractivity contribution in [1.82, 2.24) is 5.32 Å². The maximum Gasteiger partial charge on any atom is 0.0700 e. The Labute approximate surface area is 74.4 Å². The molecule has 1 saturated heterocycles. The molecule has 3 heteroatoms. The lowest BCUT2D eigenvalue weighted by Crippen LogP contribution is -2.35. The second-order valence-electron chi connectivity index (χ2n) is 3.27. The van der Waals surface area contributed by atoms with Crippen LogP contribution in [0.2, 0.25) is 0 Å². The minimum absolute atomic E-state index is 0.382. The molecule has 0 aromatic heterocycles. The maximum absolute atomic E-state index is 5.43. The standard InChI is InChI=1S/C9H19NO2/c1-8-9(4-7-12-8)10-5-3-6-11-2/h8-10H,3-7H2,1-2H3/t8-,9-/m1/s1. The molecule has 1 aliphatic rings. The van der Waals surface area contributed by atoms with Gasteiger partial charge in [0.1, 0.15) is 0 Å². The molecule has 2 atom stereocenters. The van der Waals surface area contributed by atoms with E-state index >= 15 is 0 Å². The topological polar surface area (TPSA) is 30.5 Å². The molecule has 0 spiro atoms. The highest BCUT2D eigenvalue weighted by molar-refractivity contribution is 4.78. The van der Waals surface area contributed by atoms with E-state index in [1.54, 1.807) is 7.11 Å². The van der Waals surface area contributed by atoms with Crippen molar-refractivity contribution in [1.29, 1.82) is 0 Å². The van der Waals surface area contributed by atoms with Crippen LogP contribution in [-0.2, 0) is 9.47 Å². The van der Waals surface area contributed by atoms with Crippen molar-refractivity contribution < 1.29 is 9.47 Å². The second kappa shape index (κ2) is 5.51. The third-order valence-electron chi connectivity index (χ3n) is 2.31. The zero-order chi connectivity index (χ0) is 8.81. The third kappa shape index (κ3) is 3.09. The van der Waals surface area contributed by atoms with Gasteiger partial charge in [0.15, 0.2) is 0 Å². The van der Waals surface area contributed by atoms with Crippen LogP contribution in [0.3, 0.4) is 0 Å². The SMILES string of the molecule is COCCCN[C@@H]1CCO[C@@H]1C. The summed E-state index contributed by atoms with van der Waals surface area (Å²) in [4.78, 5) is 0. The van der Waals surface area contributed by atoms with Crippen LogP contribution in [0.5, 0.6) is 0 Å². The fourth-order valence-corrected chi connectivity index (χ4v) is 1.50. The normalized spacial score (nSPS) is 29.5. The van der Waals surface area contributed by atoms with Crippen molar-refractivity contribution in [3.8, 4) is 0 Å². The van der Waals surface area contributed by atoms with E-state index in [1.807, 2.05) is 0 Å². The Morgan fingerprint density at radius 2 is 2.42 bits per heavy atom. The minimum atomic E-state index is 0.382. The highest BCUT2D eigenvalue weighted by Gasteiger charge is 2.22. The first-order valence-corrected chi connectivity index (χ1v) is 4.68. The minimum Gasteiger partial charge on any atom is -0.385 e. The van der Waals surface area contributed by atoms with Gasteiger partial charge in [-0.1, -0.05) is 0 Å². The van der Waals surface area contributed by atoms with Crippen molar-refractivity contribution >= 4 is 0 Å². The number of hydrogen-bond acceptors (Lipinski definition) is 3. The molecule has 0 bridgehead atoms. The molecular formula is C9H19NO2. The lowest BCUT2D eigenvalue weighted by molar-refractivity contribution is 0.112. The Kier molecular flexibility index (Phi) is 4.58. The van der Waals surface area contributed by atoms with Crippen molar-refractivity contribution in [2.45, 2.75) is 31.9 Å². The molecule has 0 saturated carbocycles. The van der Waals surface area contributed by atoms with Crippen molar-refractivity contribution in [3.63, 3.8) is 0 Å². The largest absolute Gasteiger partial charge is 0.385 e. The van der Waals surface area contributed by atoms with Crippen molar-refractivity contribution in [2.75, 3.05) is 26.9 Å². The third-order valence-corrected chi connectivity index (χ3v) is 2.31. The molecule has 12 heavy (non-hydrogen) atoms. The molecule has 1 fully saturated rings. The van der Waals surface area contributed by atoms with Crippen LogP contribution in [0.1, 0.15) is 19.8 Å². The highest BCUT2D eigenvalue weighted by atomic mass is 16.5. The molecule has 0 amide bonds. The lowest BCUT2D eigenvalue weighted by atomic mass is 10.1. The quantitative estimate of drug-likeness (QED) is 0.623. The number of rotatable bonds is 5. The van der Waals surface area contributed by atoms with E-state index in [0.29, 0.717) is 12.1 Å². The summed E-state index contributed by atoms with van der Waals surface area (Å²) in [7, 11) is 1.74. The van der Waals surface area contributed by atoms with Crippen LogP contribution in [0, 0.1) is 0 Å². The van der Waals surface area contributed by atoms with Gasteiger partial charge in [0.05, 0.1) is 6.10 Å². The first-order chi connectivity index (χ1) is 5.84. The Hall–Kier alpha value is -0.120. The molecule has 1 rings (SSSR count). The van der Waals surface area contributed by atoms with Crippen molar-refractivity contribution in [3.05, 3.63) is 0 Å². The van der Waals surface area contributed by atoms with E-state index in [1.165, 1.54) is 0 Å². The van der Waals surface area contributed by atoms with Gasteiger partial charge >= 0.3 is 0 Å². The van der Waals surface area contributed by atoms with Crippen LogP contribution >= 0.6 is 0 Å². The molecule has 0 radical (unpaired) electrons. The fraction of sp³-hybridized carbons (Fsp3) is 1.00. The van der Waals surface area contributed by atoms with Gasteiger partial charge in [-0.3, -0.25) is 0 Å². The fourth-order valence-electron chi connectivity index (χ4n) is 1.50. The van der Waals surface area contributed by atoms with Gasteiger partial charge in [0.25, 0.3) is 0 Å². The molecular weight excluding hydrogens is 154 g/mol. The average Bonchev–Trinajstić information content (AvgIpc) is 2.46. The Bertz CT molecular complexity index is 119. The summed E-state index contributed by atoms with van der Waals surface area (Å²) in [6.07, 6.45) is 2.61. The zero-order valence-electron chi connectivity index (χ0n) is 8.01. The summed E-state index contributed by atoms with van der Waals surface area (Å²) in [5.74, 6) is 0. The number of ether oxygens (including phenoxy) is 2. The van der Waals surface area contributed by atoms with E-state index < -0.39 is 0 Å². The molecule has 1 heterocycles. The molecule has 0 aromatic rings. The number of nitrogens with one attached hydrogen (secondary N) is 1. The smallest absolute Gasteiger partial charge is 0.0700 e. The summed E-state index contributed by atoms with van der Waals surface area (Å²) >= 11 is 0. The summed E-state index contributed by atoms with van der Waals surface area (Å²) in [6.45, 7) is 4.91. The van der Waals surface area contributed by atoms with E-state index in [0.717, 1.165) is 32.6 Å². The highest BCUT2D eigenvalue weighted by Crippen LogP contribution is 2.11. The summed E-state index contributed by atoms with van der Waals surface area (Å²) in [5, 5.41) is 3.46. The molecule has 0 unspecified atom stereocenters. The Balaban J connectivity index is 1.98. The predicted octanol–water partition coefficient (Wildman–Crippen LogP) is 0.790. The van der Waals surface area contributed by atoms with E-state index in [4.69, 9.17) is 9.47 Å². The van der Waals surface area contributed by atoms with Gasteiger partial charge in [-0.25, -0.2) is 0 Å². The Morgan fingerprint density at radius 3 is 3.00 bits per heavy atom. The first-order valence-electron chi connectivity index (χ1n) is 4.68. The molecule has 72 valence electrons. The van der Waals surface area contributed by atoms with Gasteiger partial charge in [-0.15, -0.1) is 0 Å². The van der Waals surface area contributed by atoms with Gasteiger partial charge in [0.2, 0.25) is 0 Å². The van der Waals surface area contributed by atoms with Crippen molar-refractivity contribution in [2.24, 2.45) is 0 Å². The molecule has 3 nitrogen and oxygen atoms in total. The van der Waals surface area contributed by atoms with E-state index in [9.17, 15) is 0 Å². The van der Waals surface area contributed by atoms with Gasteiger partial charge in [0, 0.05) is 26.4 Å². The van der Waals surface area contributed by atoms with Crippen LogP contribution < -0.4 is 5.32 Å². The summed E-state index contributed by atoms with van der Waals surface area (Å²) in [6, 6.07) is 0.557. The monoisotopic (exact) mass is 173 g/mol. The first kappa shape index (κ1) is 9.96. The van der Waals surface area contributed by atoms with E-state index in [-0.39, 0.29) is 0 Å². The van der Waals surface area contributed by atoms with Gasteiger partial charge in [-0.2, -0.15) is 0 Å². The van der Waals surface area contributed by atoms with E-state index in [2.05, 4.69) is 12.2 Å². The summed E-state index contributed by atoms with van der Waals surface area (Å²) in [5.41, 5.74) is 0. The molecule has 0 aromatic carbocycles. The van der Waals surface area contributed by atoms with Gasteiger partial charge in [-0.05, 0) is 26.3 Å². The molecule has 1 N–H and O–H groups in total. The predicted molar refractivity (Wildman–Crippen MR) is 48.3 cm³/mol. The average molecular weight is 173 g/mol. The van der Waals surface area contributed by atoms with Crippen LogP contribution in [0.4, 0.5) is 0 Å². The summed E-state index contributed by atoms with van der Waals surface area (Å²) < 4.78 is 10.4. The lowest BCUT2D eigenvalue weighted by Gasteiger charge is -2.15. The van der Waals surface area contributed by atoms with Crippen LogP contribution in [-0.4, -0.2) is 39.0 Å². The van der Waals surface area contributed by atoms with Gasteiger partial charge < -0.3 is 14.8 Å². The Morgan fingerprint density at radius 1 is 1.58 bits per heavy atom. The number of hydrogen-bond donors (Lipinski definition) is 1. The molecule has 1 aliphatic heterocycles. The molecule has 0 aliphatic carbocycles.